The summed E-state index contributed by atoms with van der Waals surface area (Å²) in [5.74, 6) is -3.85. The molecule has 0 saturated carbocycles. The van der Waals surface area contributed by atoms with Gasteiger partial charge in [0.15, 0.2) is 0 Å². The maximum Gasteiger partial charge on any atom is 0.450 e. The number of alkyl halides is 3. The number of furan rings is 1. The molecule has 2 rings (SSSR count). The Labute approximate surface area is 110 Å². The predicted molar refractivity (Wildman–Crippen MR) is 58.5 cm³/mol. The number of halogens is 4. The van der Waals surface area contributed by atoms with Gasteiger partial charge in [-0.25, -0.2) is 0 Å². The highest BCUT2D eigenvalue weighted by molar-refractivity contribution is 6.33. The van der Waals surface area contributed by atoms with Crippen molar-refractivity contribution in [2.24, 2.45) is 0 Å². The minimum absolute atomic E-state index is 0.148. The van der Waals surface area contributed by atoms with Gasteiger partial charge < -0.3 is 14.3 Å². The number of carboxylic acid groups (broad SMARTS) is 1. The average molecular weight is 290 g/mol. The van der Waals surface area contributed by atoms with E-state index in [0.717, 1.165) is 6.07 Å². The van der Waals surface area contributed by atoms with Crippen LogP contribution in [-0.2, 0) is 6.18 Å². The van der Waals surface area contributed by atoms with Gasteiger partial charge in [-0.2, -0.15) is 13.2 Å². The average Bonchev–Trinajstić information content (AvgIpc) is 2.74. The second kappa shape index (κ2) is 4.62. The summed E-state index contributed by atoms with van der Waals surface area (Å²) in [5, 5.41) is 10.8. The Morgan fingerprint density at radius 2 is 1.89 bits per heavy atom. The Bertz CT molecular complexity index is 631. The molecule has 0 saturated heterocycles. The van der Waals surface area contributed by atoms with E-state index in [-0.39, 0.29) is 16.3 Å². The van der Waals surface area contributed by atoms with Gasteiger partial charge in [0.05, 0.1) is 11.0 Å². The molecule has 3 nitrogen and oxygen atoms in total. The molecule has 0 aliphatic carbocycles. The number of carboxylic acids is 1. The summed E-state index contributed by atoms with van der Waals surface area (Å²) in [6.07, 6.45) is -4.92. The Kier molecular flexibility index (Phi) is 3.28. The molecule has 1 heterocycles. The second-order valence-corrected chi connectivity index (χ2v) is 4.03. The highest BCUT2D eigenvalue weighted by Crippen LogP contribution is 2.38. The SMILES string of the molecule is O=C([O-])c1cc(-c2ccccc2Cl)oc1C(F)(F)F. The first-order valence-corrected chi connectivity index (χ1v) is 5.36. The van der Waals surface area contributed by atoms with Gasteiger partial charge >= 0.3 is 6.18 Å². The van der Waals surface area contributed by atoms with Gasteiger partial charge in [0.2, 0.25) is 5.76 Å². The van der Waals surface area contributed by atoms with Gasteiger partial charge in [-0.3, -0.25) is 0 Å². The molecule has 0 fully saturated rings. The molecule has 0 bridgehead atoms. The van der Waals surface area contributed by atoms with E-state index >= 15 is 0 Å². The van der Waals surface area contributed by atoms with Crippen LogP contribution in [0, 0.1) is 0 Å². The highest BCUT2D eigenvalue weighted by Gasteiger charge is 2.39. The zero-order chi connectivity index (χ0) is 14.2. The first kappa shape index (κ1) is 13.5. The van der Waals surface area contributed by atoms with Crippen molar-refractivity contribution in [2.75, 3.05) is 0 Å². The van der Waals surface area contributed by atoms with E-state index in [1.54, 1.807) is 6.07 Å². The molecule has 7 heteroatoms. The first-order chi connectivity index (χ1) is 8.80. The smallest absolute Gasteiger partial charge is 0.450 e. The van der Waals surface area contributed by atoms with Crippen LogP contribution in [0.15, 0.2) is 34.7 Å². The highest BCUT2D eigenvalue weighted by atomic mass is 35.5. The molecule has 0 aliphatic heterocycles. The molecule has 0 amide bonds. The number of carbonyl (C=O) groups excluding carboxylic acids is 1. The fraction of sp³-hybridized carbons (Fsp3) is 0.0833. The lowest BCUT2D eigenvalue weighted by molar-refractivity contribution is -0.256. The molecule has 0 N–H and O–H groups in total. The van der Waals surface area contributed by atoms with Crippen molar-refractivity contribution in [1.82, 2.24) is 0 Å². The molecule has 19 heavy (non-hydrogen) atoms. The van der Waals surface area contributed by atoms with Crippen molar-refractivity contribution in [3.8, 4) is 11.3 Å². The van der Waals surface area contributed by atoms with Gasteiger partial charge in [0.25, 0.3) is 0 Å². The van der Waals surface area contributed by atoms with Crippen molar-refractivity contribution >= 4 is 17.6 Å². The Balaban J connectivity index is 2.62. The fourth-order valence-electron chi connectivity index (χ4n) is 1.55. The molecule has 1 aromatic carbocycles. The van der Waals surface area contributed by atoms with E-state index in [1.165, 1.54) is 18.2 Å². The van der Waals surface area contributed by atoms with E-state index in [9.17, 15) is 23.1 Å². The Hall–Kier alpha value is -1.95. The third-order valence-electron chi connectivity index (χ3n) is 2.35. The normalized spacial score (nSPS) is 11.6. The van der Waals surface area contributed by atoms with Gasteiger partial charge in [0.1, 0.15) is 5.76 Å². The third-order valence-corrected chi connectivity index (χ3v) is 2.68. The standard InChI is InChI=1S/C12H6ClF3O3/c13-8-4-2-1-3-6(8)9-5-7(11(17)18)10(19-9)12(14,15)16/h1-5H,(H,17,18)/p-1. The summed E-state index contributed by atoms with van der Waals surface area (Å²) in [4.78, 5) is 10.7. The largest absolute Gasteiger partial charge is 0.545 e. The molecule has 0 spiro atoms. The molecular formula is C12H5ClF3O3-. The lowest BCUT2D eigenvalue weighted by atomic mass is 10.1. The first-order valence-electron chi connectivity index (χ1n) is 4.98. The van der Waals surface area contributed by atoms with E-state index in [1.807, 2.05) is 0 Å². The zero-order valence-electron chi connectivity index (χ0n) is 9.12. The second-order valence-electron chi connectivity index (χ2n) is 3.62. The summed E-state index contributed by atoms with van der Waals surface area (Å²) < 4.78 is 42.4. The van der Waals surface area contributed by atoms with Crippen LogP contribution in [0.2, 0.25) is 5.02 Å². The zero-order valence-corrected chi connectivity index (χ0v) is 9.88. The van der Waals surface area contributed by atoms with Crippen molar-refractivity contribution in [2.45, 2.75) is 6.18 Å². The molecule has 0 atom stereocenters. The lowest BCUT2D eigenvalue weighted by Crippen LogP contribution is -2.24. The maximum atomic E-state index is 12.6. The van der Waals surface area contributed by atoms with Gasteiger partial charge in [0, 0.05) is 11.1 Å². The summed E-state index contributed by atoms with van der Waals surface area (Å²) in [6.45, 7) is 0. The fourth-order valence-corrected chi connectivity index (χ4v) is 1.78. The quantitative estimate of drug-likeness (QED) is 0.854. The van der Waals surface area contributed by atoms with Crippen molar-refractivity contribution in [3.05, 3.63) is 46.7 Å². The van der Waals surface area contributed by atoms with Gasteiger partial charge in [-0.05, 0) is 18.2 Å². The predicted octanol–water partition coefficient (Wildman–Crippen LogP) is 2.98. The van der Waals surface area contributed by atoms with Crippen LogP contribution in [0.5, 0.6) is 0 Å². The topological polar surface area (TPSA) is 53.3 Å². The molecular weight excluding hydrogens is 285 g/mol. The summed E-state index contributed by atoms with van der Waals surface area (Å²) >= 11 is 5.81. The summed E-state index contributed by atoms with van der Waals surface area (Å²) in [6, 6.07) is 6.74. The third kappa shape index (κ3) is 2.58. The van der Waals surface area contributed by atoms with Crippen molar-refractivity contribution < 1.29 is 27.5 Å². The monoisotopic (exact) mass is 289 g/mol. The molecule has 0 aliphatic rings. The minimum Gasteiger partial charge on any atom is -0.545 e. The van der Waals surface area contributed by atoms with Crippen LogP contribution >= 0.6 is 11.6 Å². The molecule has 0 unspecified atom stereocenters. The lowest BCUT2D eigenvalue weighted by Gasteiger charge is -2.06. The number of carbonyl (C=O) groups is 1. The molecule has 100 valence electrons. The number of rotatable bonds is 2. The van der Waals surface area contributed by atoms with E-state index < -0.39 is 23.5 Å². The van der Waals surface area contributed by atoms with Gasteiger partial charge in [-0.1, -0.05) is 23.7 Å². The minimum atomic E-state index is -4.92. The molecule has 0 radical (unpaired) electrons. The van der Waals surface area contributed by atoms with Crippen LogP contribution in [0.25, 0.3) is 11.3 Å². The Morgan fingerprint density at radius 1 is 1.26 bits per heavy atom. The van der Waals surface area contributed by atoms with Crippen LogP contribution in [0.1, 0.15) is 16.1 Å². The van der Waals surface area contributed by atoms with E-state index in [0.29, 0.717) is 0 Å². The number of aromatic carboxylic acids is 1. The number of benzene rings is 1. The number of hydrogen-bond donors (Lipinski definition) is 0. The molecule has 1 aromatic heterocycles. The van der Waals surface area contributed by atoms with E-state index in [2.05, 4.69) is 4.42 Å². The van der Waals surface area contributed by atoms with Crippen molar-refractivity contribution in [3.63, 3.8) is 0 Å². The van der Waals surface area contributed by atoms with E-state index in [4.69, 9.17) is 11.6 Å². The van der Waals surface area contributed by atoms with Crippen LogP contribution in [0.4, 0.5) is 13.2 Å². The Morgan fingerprint density at radius 3 is 2.37 bits per heavy atom. The van der Waals surface area contributed by atoms with Crippen LogP contribution in [0.3, 0.4) is 0 Å². The molecule has 2 aromatic rings. The van der Waals surface area contributed by atoms with Gasteiger partial charge in [-0.15, -0.1) is 0 Å². The van der Waals surface area contributed by atoms with Crippen LogP contribution in [-0.4, -0.2) is 5.97 Å². The summed E-state index contributed by atoms with van der Waals surface area (Å²) in [5.41, 5.74) is -0.885. The summed E-state index contributed by atoms with van der Waals surface area (Å²) in [7, 11) is 0. The maximum absolute atomic E-state index is 12.6. The van der Waals surface area contributed by atoms with Crippen molar-refractivity contribution in [1.29, 1.82) is 0 Å². The van der Waals surface area contributed by atoms with Crippen LogP contribution < -0.4 is 5.11 Å². The number of hydrogen-bond acceptors (Lipinski definition) is 3.